The lowest BCUT2D eigenvalue weighted by molar-refractivity contribution is -0.0892. The van der Waals surface area contributed by atoms with Gasteiger partial charge in [0, 0.05) is 0 Å². The lowest BCUT2D eigenvalue weighted by Gasteiger charge is -2.31. The maximum absolute atomic E-state index is 12.7. The van der Waals surface area contributed by atoms with Crippen LogP contribution in [0.4, 0.5) is 8.78 Å². The molecular formula is C16H23F2N2OP. The van der Waals surface area contributed by atoms with E-state index in [-0.39, 0.29) is 11.2 Å². The minimum atomic E-state index is -3.26. The highest BCUT2D eigenvalue weighted by Gasteiger charge is 2.32. The number of benzene rings is 1. The van der Waals surface area contributed by atoms with Crippen LogP contribution in [-0.2, 0) is 6.42 Å². The predicted molar refractivity (Wildman–Crippen MR) is 86.9 cm³/mol. The van der Waals surface area contributed by atoms with E-state index in [1.54, 1.807) is 12.1 Å². The molecule has 2 rings (SSSR count). The molecule has 0 radical (unpaired) electrons. The summed E-state index contributed by atoms with van der Waals surface area (Å²) in [6.45, 7) is 5.68. The second-order valence-electron chi connectivity index (χ2n) is 5.13. The molecule has 1 atom stereocenters. The van der Waals surface area contributed by atoms with Crippen molar-refractivity contribution in [2.24, 2.45) is 5.41 Å². The Balaban J connectivity index is 0.00000116. The number of nitrogens with zero attached hydrogens (tertiary/aromatic N) is 1. The second-order valence-corrected chi connectivity index (χ2v) is 5.80. The van der Waals surface area contributed by atoms with Gasteiger partial charge in [-0.3, -0.25) is 0 Å². The maximum Gasteiger partial charge on any atom is 0.408 e. The number of alkyl halides is 2. The van der Waals surface area contributed by atoms with Crippen molar-refractivity contribution in [3.8, 4) is 11.8 Å². The van der Waals surface area contributed by atoms with Gasteiger partial charge in [0.25, 0.3) is 0 Å². The third kappa shape index (κ3) is 5.87. The highest BCUT2D eigenvalue weighted by molar-refractivity contribution is 7.17. The lowest BCUT2D eigenvalue weighted by atomic mass is 9.75. The van der Waals surface area contributed by atoms with E-state index in [0.717, 1.165) is 31.5 Å². The van der Waals surface area contributed by atoms with Crippen molar-refractivity contribution in [3.63, 3.8) is 0 Å². The molecule has 0 aromatic heterocycles. The van der Waals surface area contributed by atoms with Crippen LogP contribution in [0, 0.1) is 16.7 Å². The molecule has 6 heteroatoms. The van der Waals surface area contributed by atoms with Crippen LogP contribution in [-0.4, -0.2) is 18.9 Å². The molecule has 1 aromatic rings. The summed E-state index contributed by atoms with van der Waals surface area (Å²) in [6.07, 6.45) is 2.26. The Hall–Kier alpha value is -1.24. The summed E-state index contributed by atoms with van der Waals surface area (Å²) in [6, 6.07) is 8.94. The third-order valence-electron chi connectivity index (χ3n) is 3.52. The van der Waals surface area contributed by atoms with Gasteiger partial charge in [-0.25, -0.2) is 0 Å². The maximum atomic E-state index is 12.7. The van der Waals surface area contributed by atoms with Crippen molar-refractivity contribution in [3.05, 3.63) is 29.8 Å². The number of hydrogen-bond donors (Lipinski definition) is 1. The Morgan fingerprint density at radius 2 is 1.82 bits per heavy atom. The Morgan fingerprint density at radius 3 is 2.27 bits per heavy atom. The molecule has 0 aliphatic carbocycles. The summed E-state index contributed by atoms with van der Waals surface area (Å²) in [4.78, 5) is 0. The van der Waals surface area contributed by atoms with E-state index in [4.69, 9.17) is 0 Å². The zero-order chi connectivity index (χ0) is 16.6. The van der Waals surface area contributed by atoms with Crippen LogP contribution in [0.5, 0.6) is 5.75 Å². The van der Waals surface area contributed by atoms with Gasteiger partial charge in [-0.15, -0.1) is 0 Å². The summed E-state index contributed by atoms with van der Waals surface area (Å²) >= 11 is 0. The van der Waals surface area contributed by atoms with E-state index in [1.165, 1.54) is 21.4 Å². The van der Waals surface area contributed by atoms with Gasteiger partial charge in [0.1, 0.15) is 5.75 Å². The average molecular weight is 328 g/mol. The van der Waals surface area contributed by atoms with Crippen molar-refractivity contribution < 1.29 is 13.5 Å². The first kappa shape index (κ1) is 18.8. The summed E-state index contributed by atoms with van der Waals surface area (Å²) < 4.78 is 29.8. The normalized spacial score (nSPS) is 16.9. The van der Waals surface area contributed by atoms with Crippen molar-refractivity contribution >= 4 is 9.24 Å². The number of hydrogen-bond acceptors (Lipinski definition) is 3. The van der Waals surface area contributed by atoms with Gasteiger partial charge >= 0.3 is 5.85 Å². The zero-order valence-electron chi connectivity index (χ0n) is 13.0. The molecule has 0 spiro atoms. The highest BCUT2D eigenvalue weighted by Crippen LogP contribution is 2.33. The molecule has 3 nitrogen and oxygen atoms in total. The van der Waals surface area contributed by atoms with Gasteiger partial charge in [-0.05, 0) is 59.3 Å². The van der Waals surface area contributed by atoms with Crippen LogP contribution in [0.3, 0.4) is 0 Å². The van der Waals surface area contributed by atoms with Crippen LogP contribution in [0.1, 0.15) is 32.3 Å². The molecule has 1 aromatic carbocycles. The number of rotatable bonds is 4. The van der Waals surface area contributed by atoms with Crippen LogP contribution in [0.25, 0.3) is 0 Å². The molecule has 1 saturated heterocycles. The first-order chi connectivity index (χ1) is 10.4. The molecular weight excluding hydrogens is 305 g/mol. The summed E-state index contributed by atoms with van der Waals surface area (Å²) in [5.41, 5.74) is 0.617. The molecule has 22 heavy (non-hydrogen) atoms. The van der Waals surface area contributed by atoms with Gasteiger partial charge in [0.2, 0.25) is 0 Å². The Kier molecular flexibility index (Phi) is 7.19. The molecule has 0 bridgehead atoms. The molecule has 122 valence electrons. The largest absolute Gasteiger partial charge is 0.430 e. The fourth-order valence-corrected chi connectivity index (χ4v) is 2.59. The third-order valence-corrected chi connectivity index (χ3v) is 3.64. The quantitative estimate of drug-likeness (QED) is 0.851. The fraction of sp³-hybridized carbons (Fsp3) is 0.562. The van der Waals surface area contributed by atoms with Crippen LogP contribution < -0.4 is 10.1 Å². The van der Waals surface area contributed by atoms with E-state index in [9.17, 15) is 14.0 Å². The van der Waals surface area contributed by atoms with Crippen molar-refractivity contribution in [1.82, 2.24) is 5.32 Å². The van der Waals surface area contributed by atoms with E-state index in [1.807, 2.05) is 13.8 Å². The Labute approximate surface area is 133 Å². The fourth-order valence-electron chi connectivity index (χ4n) is 2.46. The van der Waals surface area contributed by atoms with E-state index >= 15 is 0 Å². The summed E-state index contributed by atoms with van der Waals surface area (Å²) in [5, 5.41) is 12.6. The highest BCUT2D eigenvalue weighted by atomic mass is 31.0. The van der Waals surface area contributed by atoms with Crippen LogP contribution >= 0.6 is 9.24 Å². The second kappa shape index (κ2) is 8.41. The van der Waals surface area contributed by atoms with E-state index in [2.05, 4.69) is 16.1 Å². The van der Waals surface area contributed by atoms with E-state index in [0.29, 0.717) is 6.42 Å². The minimum absolute atomic E-state index is 0.116. The number of ether oxygens (including phenoxy) is 1. The summed E-state index contributed by atoms with van der Waals surface area (Å²) in [5.74, 6) is -3.14. The monoisotopic (exact) mass is 328 g/mol. The van der Waals surface area contributed by atoms with Gasteiger partial charge < -0.3 is 10.1 Å². The molecule has 1 unspecified atom stereocenters. The smallest absolute Gasteiger partial charge is 0.408 e. The number of nitriles is 1. The van der Waals surface area contributed by atoms with Crippen molar-refractivity contribution in [2.75, 3.05) is 13.1 Å². The molecule has 1 N–H and O–H groups in total. The first-order valence-electron chi connectivity index (χ1n) is 7.49. The average Bonchev–Trinajstić information content (AvgIpc) is 2.51. The topological polar surface area (TPSA) is 45.0 Å². The molecule has 1 fully saturated rings. The first-order valence-corrected chi connectivity index (χ1v) is 8.07. The number of piperidine rings is 1. The Bertz CT molecular complexity index is 488. The van der Waals surface area contributed by atoms with Gasteiger partial charge in [0.15, 0.2) is 0 Å². The van der Waals surface area contributed by atoms with Gasteiger partial charge in [0.05, 0.1) is 11.5 Å². The van der Waals surface area contributed by atoms with Crippen LogP contribution in [0.15, 0.2) is 24.3 Å². The van der Waals surface area contributed by atoms with Crippen molar-refractivity contribution in [1.29, 1.82) is 5.26 Å². The number of halogens is 2. The molecule has 1 heterocycles. The molecule has 0 amide bonds. The number of nitrogens with one attached hydrogen (secondary N) is 1. The molecule has 1 aliphatic rings. The lowest BCUT2D eigenvalue weighted by Crippen LogP contribution is -2.37. The van der Waals surface area contributed by atoms with Crippen LogP contribution in [0.2, 0.25) is 0 Å². The van der Waals surface area contributed by atoms with Gasteiger partial charge in [-0.2, -0.15) is 14.0 Å². The summed E-state index contributed by atoms with van der Waals surface area (Å²) in [7, 11) is 1.34. The minimum Gasteiger partial charge on any atom is -0.430 e. The zero-order valence-corrected chi connectivity index (χ0v) is 14.2. The molecule has 0 saturated carbocycles. The van der Waals surface area contributed by atoms with E-state index < -0.39 is 5.85 Å². The SMILES string of the molecule is CC.N#CC1(Cc2ccc(OC(F)(F)P)cc2)CCNCC1. The Morgan fingerprint density at radius 1 is 1.27 bits per heavy atom. The molecule has 1 aliphatic heterocycles. The standard InChI is InChI=1S/C14H17F2N2OP.C2H6/c15-14(16,20)19-12-3-1-11(2-4-12)9-13(10-17)5-7-18-8-6-13;1-2/h1-4,18H,5-9,20H2;1-2H3. The predicted octanol–water partition coefficient (Wildman–Crippen LogP) is 3.95. The van der Waals surface area contributed by atoms with Gasteiger partial charge in [-0.1, -0.05) is 26.0 Å². The van der Waals surface area contributed by atoms with Crippen molar-refractivity contribution in [2.45, 2.75) is 39.0 Å².